The van der Waals surface area contributed by atoms with E-state index >= 15 is 0 Å². The molecule has 10 heteroatoms. The van der Waals surface area contributed by atoms with Gasteiger partial charge in [-0.3, -0.25) is 4.57 Å². The molecule has 7 nitrogen and oxygen atoms in total. The quantitative estimate of drug-likeness (QED) is 0.214. The third-order valence-electron chi connectivity index (χ3n) is 0.561. The van der Waals surface area contributed by atoms with Crippen molar-refractivity contribution in [2.75, 3.05) is 6.16 Å². The summed E-state index contributed by atoms with van der Waals surface area (Å²) < 4.78 is 16.1. The van der Waals surface area contributed by atoms with Crippen LogP contribution in [0.3, 0.4) is 0 Å². The molecule has 12 heavy (non-hydrogen) atoms. The van der Waals surface area contributed by atoms with Crippen LogP contribution in [0.4, 0.5) is 0 Å². The van der Waals surface area contributed by atoms with Crippen molar-refractivity contribution in [2.24, 2.45) is 0 Å². The molecule has 0 radical (unpaired) electrons. The van der Waals surface area contributed by atoms with Crippen molar-refractivity contribution >= 4 is 13.6 Å². The Morgan fingerprint density at radius 1 is 1.50 bits per heavy atom. The molecule has 60 valence electrons. The summed E-state index contributed by atoms with van der Waals surface area (Å²) in [5.74, 6) is -1.81. The fourth-order valence-corrected chi connectivity index (χ4v) is 0.681. The Bertz CT molecular complexity index is 163. The molecule has 0 aliphatic carbocycles. The first-order valence-electron chi connectivity index (χ1n) is 1.97. The Kier molecular flexibility index (Phi) is 14.5. The number of carboxylic acids is 1. The van der Waals surface area contributed by atoms with Crippen LogP contribution in [0.15, 0.2) is 0 Å². The molecule has 0 rings (SSSR count). The minimum Gasteiger partial charge on any atom is -0.716 e. The molecule has 0 spiro atoms. The average Bonchev–Trinajstić information content (AvgIpc) is 1.87. The average molecular weight is 216 g/mol. The van der Waals surface area contributed by atoms with Crippen LogP contribution in [0.5, 0.6) is 0 Å². The Balaban J connectivity index is -0.000000405. The van der Waals surface area contributed by atoms with E-state index in [0.29, 0.717) is 0 Å². The predicted molar refractivity (Wildman–Crippen MR) is 22.3 cm³/mol. The van der Waals surface area contributed by atoms with Gasteiger partial charge in [-0.25, -0.2) is 5.26 Å². The van der Waals surface area contributed by atoms with Gasteiger partial charge in [0.15, 0.2) is 0 Å². The molecule has 1 N–H and O–H groups in total. The van der Waals surface area contributed by atoms with Gasteiger partial charge in [-0.1, -0.05) is 0 Å². The maximum atomic E-state index is 10.3. The summed E-state index contributed by atoms with van der Waals surface area (Å²) >= 11 is 0. The summed E-state index contributed by atoms with van der Waals surface area (Å²) in [4.78, 5) is 9.64. The van der Waals surface area contributed by atoms with Gasteiger partial charge in [0.2, 0.25) is 0 Å². The fourth-order valence-electron chi connectivity index (χ4n) is 0.227. The fraction of sp³-hybridized carbons (Fsp3) is 0.500. The molecule has 0 fully saturated rings. The van der Waals surface area contributed by atoms with E-state index in [1.807, 2.05) is 0 Å². The van der Waals surface area contributed by atoms with Crippen LogP contribution >= 0.6 is 7.60 Å². The van der Waals surface area contributed by atoms with Crippen LogP contribution in [0.1, 0.15) is 0 Å². The molecule has 0 saturated heterocycles. The SMILES string of the molecule is O=C([O-])CP(=O)(O[O-])OO.[Na+].[Na+]. The summed E-state index contributed by atoms with van der Waals surface area (Å²) in [6, 6.07) is 0. The van der Waals surface area contributed by atoms with E-state index in [1.165, 1.54) is 0 Å². The van der Waals surface area contributed by atoms with E-state index in [9.17, 15) is 19.7 Å². The number of hydrogen-bond acceptors (Lipinski definition) is 7. The van der Waals surface area contributed by atoms with E-state index in [0.717, 1.165) is 0 Å². The molecule has 0 heterocycles. The van der Waals surface area contributed by atoms with Crippen LogP contribution < -0.4 is 69.5 Å². The van der Waals surface area contributed by atoms with Gasteiger partial charge in [-0.2, -0.15) is 4.67 Å². The predicted octanol–water partition coefficient (Wildman–Crippen LogP) is -8.28. The second-order valence-corrected chi connectivity index (χ2v) is 3.15. The maximum Gasteiger partial charge on any atom is 1.00 e. The molecule has 1 atom stereocenters. The topological polar surface area (TPSA) is 119 Å². The summed E-state index contributed by atoms with van der Waals surface area (Å²) in [5, 5.41) is 26.7. The van der Waals surface area contributed by atoms with Gasteiger partial charge < -0.3 is 19.8 Å². The molecule has 0 bridgehead atoms. The maximum absolute atomic E-state index is 10.3. The van der Waals surface area contributed by atoms with Gasteiger partial charge in [-0.15, -0.1) is 0 Å². The normalized spacial score (nSPS) is 13.5. The molecular formula is C2H3Na2O7P. The summed E-state index contributed by atoms with van der Waals surface area (Å²) in [7, 11) is -4.40. The van der Waals surface area contributed by atoms with Crippen LogP contribution in [0.25, 0.3) is 0 Å². The zero-order valence-electron chi connectivity index (χ0n) is 6.55. The van der Waals surface area contributed by atoms with Crippen LogP contribution in [-0.2, 0) is 18.7 Å². The summed E-state index contributed by atoms with van der Waals surface area (Å²) in [6.45, 7) is 0. The van der Waals surface area contributed by atoms with Crippen molar-refractivity contribution in [2.45, 2.75) is 0 Å². The number of carbonyl (C=O) groups is 1. The van der Waals surface area contributed by atoms with E-state index < -0.39 is 19.7 Å². The van der Waals surface area contributed by atoms with Crippen LogP contribution in [0.2, 0.25) is 0 Å². The zero-order valence-corrected chi connectivity index (χ0v) is 11.4. The first kappa shape index (κ1) is 19.2. The first-order valence-corrected chi connectivity index (χ1v) is 3.70. The third-order valence-corrected chi connectivity index (χ3v) is 1.68. The van der Waals surface area contributed by atoms with Gasteiger partial charge in [0.25, 0.3) is 0 Å². The molecule has 0 saturated carbocycles. The molecule has 0 aliphatic rings. The van der Waals surface area contributed by atoms with Crippen molar-refractivity contribution in [3.05, 3.63) is 0 Å². The second-order valence-electron chi connectivity index (χ2n) is 1.30. The second kappa shape index (κ2) is 9.11. The van der Waals surface area contributed by atoms with E-state index in [-0.39, 0.29) is 59.1 Å². The van der Waals surface area contributed by atoms with Crippen molar-refractivity contribution < 1.29 is 93.4 Å². The molecule has 0 aromatic heterocycles. The van der Waals surface area contributed by atoms with Gasteiger partial charge in [0.05, 0.1) is 12.1 Å². The minimum absolute atomic E-state index is 0. The first-order chi connectivity index (χ1) is 4.54. The molecule has 0 amide bonds. The van der Waals surface area contributed by atoms with Crippen molar-refractivity contribution in [3.63, 3.8) is 0 Å². The Morgan fingerprint density at radius 2 is 1.92 bits per heavy atom. The Morgan fingerprint density at radius 3 is 2.00 bits per heavy atom. The Hall–Kier alpha value is 1.54. The molecular weight excluding hydrogens is 213 g/mol. The molecule has 0 aromatic carbocycles. The van der Waals surface area contributed by atoms with Crippen molar-refractivity contribution in [1.29, 1.82) is 0 Å². The van der Waals surface area contributed by atoms with Gasteiger partial charge >= 0.3 is 66.7 Å². The molecule has 0 aromatic rings. The number of carboxylic acid groups (broad SMARTS) is 1. The summed E-state index contributed by atoms with van der Waals surface area (Å²) in [5.41, 5.74) is 0. The summed E-state index contributed by atoms with van der Waals surface area (Å²) in [6.07, 6.45) is -1.27. The number of carbonyl (C=O) groups excluding carboxylic acids is 1. The van der Waals surface area contributed by atoms with Crippen LogP contribution in [-0.4, -0.2) is 17.4 Å². The zero-order chi connectivity index (χ0) is 8.20. The van der Waals surface area contributed by atoms with Crippen molar-refractivity contribution in [3.8, 4) is 0 Å². The smallest absolute Gasteiger partial charge is 0.716 e. The monoisotopic (exact) mass is 216 g/mol. The third kappa shape index (κ3) is 8.15. The largest absolute Gasteiger partial charge is 1.00 e. The van der Waals surface area contributed by atoms with Gasteiger partial charge in [0.1, 0.15) is 0 Å². The van der Waals surface area contributed by atoms with Gasteiger partial charge in [-0.05, 0) is 0 Å². The number of rotatable bonds is 4. The number of hydrogen-bond donors (Lipinski definition) is 1. The molecule has 0 aliphatic heterocycles. The minimum atomic E-state index is -4.40. The number of aliphatic carboxylic acids is 1. The van der Waals surface area contributed by atoms with E-state index in [4.69, 9.17) is 5.26 Å². The van der Waals surface area contributed by atoms with E-state index in [2.05, 4.69) is 9.35 Å². The van der Waals surface area contributed by atoms with Crippen LogP contribution in [0, 0.1) is 0 Å². The Labute approximate surface area is 112 Å². The van der Waals surface area contributed by atoms with E-state index in [1.54, 1.807) is 0 Å². The molecule has 1 unspecified atom stereocenters. The standard InChI is InChI=1S/C2H5O7P.2Na/c3-2(4)1-10(7,8-5)9-6;;/h5-6H,1H2,(H,3,4);;/q;2*+1/p-2. The van der Waals surface area contributed by atoms with Gasteiger partial charge in [0, 0.05) is 0 Å². The van der Waals surface area contributed by atoms with Crippen molar-refractivity contribution in [1.82, 2.24) is 0 Å².